The minimum absolute atomic E-state index is 0.505. The van der Waals surface area contributed by atoms with Gasteiger partial charge in [0.05, 0.1) is 5.69 Å². The summed E-state index contributed by atoms with van der Waals surface area (Å²) < 4.78 is 5.49. The molecule has 0 fully saturated rings. The number of nitrogens with zero attached hydrogens (tertiary/aromatic N) is 1. The van der Waals surface area contributed by atoms with Crippen LogP contribution in [0.15, 0.2) is 23.2 Å². The fourth-order valence-corrected chi connectivity index (χ4v) is 1.38. The monoisotopic (exact) mass is 191 g/mol. The lowest BCUT2D eigenvalue weighted by atomic mass is 10.2. The Hall–Kier alpha value is -1.71. The number of nitrogen functional groups attached to an aromatic ring is 1. The lowest BCUT2D eigenvalue weighted by molar-refractivity contribution is 0.372. The normalized spacial score (nSPS) is 17.1. The van der Waals surface area contributed by atoms with Crippen molar-refractivity contribution in [1.82, 2.24) is 0 Å². The maximum absolute atomic E-state index is 5.67. The predicted molar refractivity (Wildman–Crippen MR) is 57.9 cm³/mol. The second kappa shape index (κ2) is 3.57. The number of aliphatic imine (C=N–C) groups is 1. The van der Waals surface area contributed by atoms with E-state index in [1.807, 2.05) is 25.1 Å². The number of fused-ring (bicyclic) bond motifs is 1. The summed E-state index contributed by atoms with van der Waals surface area (Å²) in [5.41, 5.74) is 7.28. The SMILES string of the molecule is CCN=C1COc2ccc(N)cc2N1. The van der Waals surface area contributed by atoms with E-state index in [2.05, 4.69) is 10.3 Å². The molecule has 0 unspecified atom stereocenters. The topological polar surface area (TPSA) is 59.6 Å². The fourth-order valence-electron chi connectivity index (χ4n) is 1.38. The van der Waals surface area contributed by atoms with E-state index >= 15 is 0 Å². The molecule has 0 saturated carbocycles. The molecule has 0 amide bonds. The summed E-state index contributed by atoms with van der Waals surface area (Å²) in [6.07, 6.45) is 0. The largest absolute Gasteiger partial charge is 0.484 e. The average molecular weight is 191 g/mol. The first-order valence-electron chi connectivity index (χ1n) is 4.62. The van der Waals surface area contributed by atoms with E-state index in [1.165, 1.54) is 0 Å². The van der Waals surface area contributed by atoms with Gasteiger partial charge in [0.25, 0.3) is 0 Å². The van der Waals surface area contributed by atoms with Crippen LogP contribution in [-0.2, 0) is 0 Å². The molecular weight excluding hydrogens is 178 g/mol. The third-order valence-corrected chi connectivity index (χ3v) is 2.00. The Morgan fingerprint density at radius 2 is 2.43 bits per heavy atom. The number of nitrogens with one attached hydrogen (secondary N) is 1. The summed E-state index contributed by atoms with van der Waals surface area (Å²) in [7, 11) is 0. The second-order valence-corrected chi connectivity index (χ2v) is 3.09. The van der Waals surface area contributed by atoms with Gasteiger partial charge >= 0.3 is 0 Å². The minimum atomic E-state index is 0.505. The molecule has 4 heteroatoms. The van der Waals surface area contributed by atoms with Gasteiger partial charge in [-0.25, -0.2) is 0 Å². The fraction of sp³-hybridized carbons (Fsp3) is 0.300. The zero-order valence-corrected chi connectivity index (χ0v) is 8.08. The number of amidine groups is 1. The number of benzene rings is 1. The standard InChI is InChI=1S/C10H13N3O/c1-2-12-10-6-14-9-4-3-7(11)5-8(9)13-10/h3-5H,2,6,11H2,1H3,(H,12,13). The lowest BCUT2D eigenvalue weighted by Gasteiger charge is -2.20. The molecule has 1 aromatic rings. The number of hydrogen-bond acceptors (Lipinski definition) is 3. The van der Waals surface area contributed by atoms with Gasteiger partial charge in [-0.15, -0.1) is 0 Å². The van der Waals surface area contributed by atoms with Gasteiger partial charge in [0, 0.05) is 12.2 Å². The van der Waals surface area contributed by atoms with Crippen LogP contribution in [0.25, 0.3) is 0 Å². The summed E-state index contributed by atoms with van der Waals surface area (Å²) in [6, 6.07) is 5.53. The van der Waals surface area contributed by atoms with Crippen molar-refractivity contribution in [3.8, 4) is 5.75 Å². The maximum atomic E-state index is 5.67. The summed E-state index contributed by atoms with van der Waals surface area (Å²) in [5, 5.41) is 3.18. The molecule has 2 rings (SSSR count). The smallest absolute Gasteiger partial charge is 0.145 e. The van der Waals surface area contributed by atoms with Crippen molar-refractivity contribution < 1.29 is 4.74 Å². The molecule has 4 nitrogen and oxygen atoms in total. The van der Waals surface area contributed by atoms with E-state index in [-0.39, 0.29) is 0 Å². The average Bonchev–Trinajstić information content (AvgIpc) is 2.17. The predicted octanol–water partition coefficient (Wildman–Crippen LogP) is 1.49. The van der Waals surface area contributed by atoms with Gasteiger partial charge in [-0.05, 0) is 25.1 Å². The first kappa shape index (κ1) is 8.87. The molecule has 14 heavy (non-hydrogen) atoms. The Kier molecular flexibility index (Phi) is 2.26. The summed E-state index contributed by atoms with van der Waals surface area (Å²) in [5.74, 6) is 1.68. The quantitative estimate of drug-likeness (QED) is 0.661. The zero-order chi connectivity index (χ0) is 9.97. The van der Waals surface area contributed by atoms with Gasteiger partial charge in [0.2, 0.25) is 0 Å². The van der Waals surface area contributed by atoms with Gasteiger partial charge in [0.15, 0.2) is 0 Å². The maximum Gasteiger partial charge on any atom is 0.145 e. The van der Waals surface area contributed by atoms with Crippen molar-refractivity contribution in [2.24, 2.45) is 4.99 Å². The first-order valence-corrected chi connectivity index (χ1v) is 4.62. The summed E-state index contributed by atoms with van der Waals surface area (Å²) in [4.78, 5) is 4.25. The molecule has 1 aliphatic rings. The van der Waals surface area contributed by atoms with E-state index in [0.29, 0.717) is 6.61 Å². The lowest BCUT2D eigenvalue weighted by Crippen LogP contribution is -2.26. The molecule has 1 heterocycles. The molecular formula is C10H13N3O. The van der Waals surface area contributed by atoms with E-state index in [4.69, 9.17) is 10.5 Å². The van der Waals surface area contributed by atoms with Gasteiger partial charge in [-0.3, -0.25) is 4.99 Å². The molecule has 3 N–H and O–H groups in total. The van der Waals surface area contributed by atoms with Crippen LogP contribution in [0, 0.1) is 0 Å². The first-order chi connectivity index (χ1) is 6.79. The van der Waals surface area contributed by atoms with Gasteiger partial charge in [-0.2, -0.15) is 0 Å². The van der Waals surface area contributed by atoms with Crippen LogP contribution in [0.1, 0.15) is 6.92 Å². The number of rotatable bonds is 1. The van der Waals surface area contributed by atoms with E-state index in [0.717, 1.165) is 29.5 Å². The molecule has 0 aliphatic carbocycles. The van der Waals surface area contributed by atoms with Crippen LogP contribution in [0.4, 0.5) is 11.4 Å². The molecule has 74 valence electrons. The molecule has 0 aromatic heterocycles. The van der Waals surface area contributed by atoms with Crippen molar-refractivity contribution in [2.75, 3.05) is 24.2 Å². The molecule has 1 aliphatic heterocycles. The summed E-state index contributed by atoms with van der Waals surface area (Å²) >= 11 is 0. The molecule has 0 saturated heterocycles. The van der Waals surface area contributed by atoms with E-state index in [1.54, 1.807) is 0 Å². The molecule has 0 bridgehead atoms. The Morgan fingerprint density at radius 3 is 3.21 bits per heavy atom. The van der Waals surface area contributed by atoms with Crippen LogP contribution in [0.3, 0.4) is 0 Å². The van der Waals surface area contributed by atoms with Crippen molar-refractivity contribution in [3.63, 3.8) is 0 Å². The Labute approximate surface area is 82.8 Å². The van der Waals surface area contributed by atoms with Crippen molar-refractivity contribution in [1.29, 1.82) is 0 Å². The molecule has 0 spiro atoms. The molecule has 0 atom stereocenters. The Morgan fingerprint density at radius 1 is 1.57 bits per heavy atom. The summed E-state index contributed by atoms with van der Waals surface area (Å²) in [6.45, 7) is 3.25. The Balaban J connectivity index is 2.29. The van der Waals surface area contributed by atoms with Crippen LogP contribution in [0.2, 0.25) is 0 Å². The van der Waals surface area contributed by atoms with Crippen LogP contribution < -0.4 is 15.8 Å². The van der Waals surface area contributed by atoms with Gasteiger partial charge in [-0.1, -0.05) is 0 Å². The highest BCUT2D eigenvalue weighted by molar-refractivity contribution is 5.99. The highest BCUT2D eigenvalue weighted by Crippen LogP contribution is 2.29. The number of hydrogen-bond donors (Lipinski definition) is 2. The highest BCUT2D eigenvalue weighted by atomic mass is 16.5. The minimum Gasteiger partial charge on any atom is -0.484 e. The van der Waals surface area contributed by atoms with Gasteiger partial charge < -0.3 is 15.8 Å². The van der Waals surface area contributed by atoms with Crippen molar-refractivity contribution in [2.45, 2.75) is 6.92 Å². The van der Waals surface area contributed by atoms with Crippen LogP contribution in [0.5, 0.6) is 5.75 Å². The van der Waals surface area contributed by atoms with Crippen LogP contribution in [-0.4, -0.2) is 19.0 Å². The van der Waals surface area contributed by atoms with E-state index < -0.39 is 0 Å². The van der Waals surface area contributed by atoms with Gasteiger partial charge in [0.1, 0.15) is 18.2 Å². The molecule has 0 radical (unpaired) electrons. The number of ether oxygens (including phenoxy) is 1. The third kappa shape index (κ3) is 1.64. The Bertz CT molecular complexity index is 374. The second-order valence-electron chi connectivity index (χ2n) is 3.09. The van der Waals surface area contributed by atoms with E-state index in [9.17, 15) is 0 Å². The zero-order valence-electron chi connectivity index (χ0n) is 8.08. The molecule has 1 aromatic carbocycles. The number of anilines is 2. The third-order valence-electron chi connectivity index (χ3n) is 2.00. The van der Waals surface area contributed by atoms with Crippen molar-refractivity contribution >= 4 is 17.2 Å². The highest BCUT2D eigenvalue weighted by Gasteiger charge is 2.13. The number of nitrogens with two attached hydrogens (primary N) is 1. The van der Waals surface area contributed by atoms with Crippen LogP contribution >= 0.6 is 0 Å². The van der Waals surface area contributed by atoms with Crippen molar-refractivity contribution in [3.05, 3.63) is 18.2 Å².